The van der Waals surface area contributed by atoms with E-state index in [2.05, 4.69) is 4.98 Å². The molecule has 1 heterocycles. The van der Waals surface area contributed by atoms with Gasteiger partial charge in [0.25, 0.3) is 0 Å². The molecular weight excluding hydrogens is 298 g/mol. The molecule has 1 saturated carbocycles. The number of aliphatic hydroxyl groups is 1. The number of benzene rings is 1. The van der Waals surface area contributed by atoms with Crippen molar-refractivity contribution in [3.8, 4) is 11.4 Å². The van der Waals surface area contributed by atoms with Crippen LogP contribution in [0.25, 0.3) is 11.4 Å². The van der Waals surface area contributed by atoms with E-state index in [4.69, 9.17) is 0 Å². The van der Waals surface area contributed by atoms with Crippen molar-refractivity contribution in [2.75, 3.05) is 6.61 Å². The summed E-state index contributed by atoms with van der Waals surface area (Å²) < 4.78 is 30.3. The average Bonchev–Trinajstić information content (AvgIpc) is 3.00. The molecule has 1 N–H and O–H groups in total. The molecule has 0 aliphatic heterocycles. The summed E-state index contributed by atoms with van der Waals surface area (Å²) in [7, 11) is 0. The van der Waals surface area contributed by atoms with E-state index in [1.54, 1.807) is 19.3 Å². The number of hydrogen-bond donors (Lipinski definition) is 1. The second-order valence-electron chi connectivity index (χ2n) is 6.53. The fraction of sp³-hybridized carbons (Fsp3) is 0.500. The highest BCUT2D eigenvalue weighted by molar-refractivity contribution is 5.59. The van der Waals surface area contributed by atoms with Crippen molar-refractivity contribution in [2.45, 2.75) is 39.2 Å². The van der Waals surface area contributed by atoms with Gasteiger partial charge in [0.1, 0.15) is 17.5 Å². The first-order valence-electron chi connectivity index (χ1n) is 8.17. The second kappa shape index (κ2) is 6.79. The molecule has 0 radical (unpaired) electrons. The van der Waals surface area contributed by atoms with Crippen molar-refractivity contribution in [1.29, 1.82) is 0 Å². The van der Waals surface area contributed by atoms with Crippen molar-refractivity contribution in [3.05, 3.63) is 41.7 Å². The Morgan fingerprint density at radius 2 is 1.87 bits per heavy atom. The molecule has 0 spiro atoms. The lowest BCUT2D eigenvalue weighted by molar-refractivity contribution is 0.161. The molecule has 0 saturated heterocycles. The number of hydrogen-bond acceptors (Lipinski definition) is 2. The van der Waals surface area contributed by atoms with Crippen LogP contribution in [0.4, 0.5) is 8.78 Å². The number of aliphatic hydroxyl groups excluding tert-OH is 1. The molecule has 0 atom stereocenters. The van der Waals surface area contributed by atoms with E-state index in [9.17, 15) is 13.9 Å². The minimum absolute atomic E-state index is 0.0426. The summed E-state index contributed by atoms with van der Waals surface area (Å²) in [6.45, 7) is 2.59. The zero-order valence-corrected chi connectivity index (χ0v) is 13.3. The van der Waals surface area contributed by atoms with Crippen LogP contribution in [0, 0.1) is 30.4 Å². The normalized spacial score (nSPS) is 21.6. The van der Waals surface area contributed by atoms with Crippen molar-refractivity contribution in [1.82, 2.24) is 9.55 Å². The van der Waals surface area contributed by atoms with E-state index in [0.717, 1.165) is 25.7 Å². The molecule has 5 heteroatoms. The Morgan fingerprint density at radius 3 is 2.57 bits per heavy atom. The first-order chi connectivity index (χ1) is 11.1. The number of aryl methyl sites for hydroxylation is 1. The Hall–Kier alpha value is -1.75. The Morgan fingerprint density at radius 1 is 1.17 bits per heavy atom. The van der Waals surface area contributed by atoms with Crippen LogP contribution in [0.2, 0.25) is 0 Å². The minimum atomic E-state index is -0.579. The predicted octanol–water partition coefficient (Wildman–Crippen LogP) is 3.94. The lowest BCUT2D eigenvalue weighted by Gasteiger charge is -2.28. The van der Waals surface area contributed by atoms with E-state index in [0.29, 0.717) is 29.8 Å². The summed E-state index contributed by atoms with van der Waals surface area (Å²) in [5.41, 5.74) is 0.374. The molecule has 1 fully saturated rings. The third-order valence-corrected chi connectivity index (χ3v) is 4.90. The lowest BCUT2D eigenvalue weighted by Crippen LogP contribution is -2.21. The number of imidazole rings is 1. The average molecular weight is 320 g/mol. The summed E-state index contributed by atoms with van der Waals surface area (Å²) in [5, 5.41) is 9.22. The maximum atomic E-state index is 14.4. The smallest absolute Gasteiger partial charge is 0.145 e. The van der Waals surface area contributed by atoms with E-state index in [1.807, 2.05) is 4.57 Å². The van der Waals surface area contributed by atoms with Crippen LogP contribution in [-0.4, -0.2) is 21.3 Å². The molecular formula is C18H22F2N2O. The summed E-state index contributed by atoms with van der Waals surface area (Å²) in [6, 6.07) is 2.73. The third-order valence-electron chi connectivity index (χ3n) is 4.90. The highest BCUT2D eigenvalue weighted by Gasteiger charge is 2.23. The first-order valence-corrected chi connectivity index (χ1v) is 8.17. The lowest BCUT2D eigenvalue weighted by atomic mass is 9.82. The van der Waals surface area contributed by atoms with Gasteiger partial charge in [-0.25, -0.2) is 13.8 Å². The van der Waals surface area contributed by atoms with Gasteiger partial charge in [0.2, 0.25) is 0 Å². The van der Waals surface area contributed by atoms with Crippen LogP contribution in [0.3, 0.4) is 0 Å². The van der Waals surface area contributed by atoms with Gasteiger partial charge in [-0.1, -0.05) is 6.07 Å². The minimum Gasteiger partial charge on any atom is -0.396 e. The quantitative estimate of drug-likeness (QED) is 0.927. The maximum Gasteiger partial charge on any atom is 0.145 e. The molecule has 1 aromatic heterocycles. The number of rotatable bonds is 4. The van der Waals surface area contributed by atoms with Crippen LogP contribution >= 0.6 is 0 Å². The molecule has 0 bridgehead atoms. The fourth-order valence-corrected chi connectivity index (χ4v) is 3.42. The highest BCUT2D eigenvalue weighted by atomic mass is 19.1. The van der Waals surface area contributed by atoms with Crippen LogP contribution in [0.5, 0.6) is 0 Å². The maximum absolute atomic E-state index is 14.4. The van der Waals surface area contributed by atoms with Gasteiger partial charge < -0.3 is 9.67 Å². The number of nitrogens with zero attached hydrogens (tertiary/aromatic N) is 2. The number of halogens is 2. The van der Waals surface area contributed by atoms with Crippen LogP contribution < -0.4 is 0 Å². The standard InChI is InChI=1S/C18H22F2N2O/c1-12-2-7-15(19)16(17(12)20)18-21-8-9-22(18)10-13-3-5-14(11-23)6-4-13/h2,7-9,13-14,23H,3-6,10-11H2,1H3. The predicted molar refractivity (Wildman–Crippen MR) is 84.8 cm³/mol. The summed E-state index contributed by atoms with van der Waals surface area (Å²) in [6.07, 6.45) is 7.46. The molecule has 1 aromatic carbocycles. The van der Waals surface area contributed by atoms with Gasteiger partial charge in [0.15, 0.2) is 0 Å². The Bertz CT molecular complexity index is 676. The first kappa shape index (κ1) is 16.1. The van der Waals surface area contributed by atoms with Gasteiger partial charge in [-0.05, 0) is 56.1 Å². The van der Waals surface area contributed by atoms with E-state index in [-0.39, 0.29) is 12.2 Å². The molecule has 124 valence electrons. The summed E-state index contributed by atoms with van der Waals surface area (Å²) in [4.78, 5) is 4.19. The molecule has 1 aliphatic rings. The molecule has 0 unspecified atom stereocenters. The molecule has 0 amide bonds. The monoisotopic (exact) mass is 320 g/mol. The van der Waals surface area contributed by atoms with Crippen LogP contribution in [0.15, 0.2) is 24.5 Å². The van der Waals surface area contributed by atoms with Gasteiger partial charge in [-0.3, -0.25) is 0 Å². The van der Waals surface area contributed by atoms with Gasteiger partial charge in [-0.15, -0.1) is 0 Å². The Kier molecular flexibility index (Phi) is 4.76. The zero-order chi connectivity index (χ0) is 16.4. The molecule has 23 heavy (non-hydrogen) atoms. The molecule has 1 aliphatic carbocycles. The van der Waals surface area contributed by atoms with Crippen molar-refractivity contribution in [2.24, 2.45) is 11.8 Å². The van der Waals surface area contributed by atoms with Crippen molar-refractivity contribution < 1.29 is 13.9 Å². The van der Waals surface area contributed by atoms with Crippen molar-refractivity contribution in [3.63, 3.8) is 0 Å². The molecule has 3 rings (SSSR count). The van der Waals surface area contributed by atoms with Gasteiger partial charge >= 0.3 is 0 Å². The number of aromatic nitrogens is 2. The zero-order valence-electron chi connectivity index (χ0n) is 13.3. The Balaban J connectivity index is 1.83. The van der Waals surface area contributed by atoms with Gasteiger partial charge in [0.05, 0.1) is 5.56 Å². The largest absolute Gasteiger partial charge is 0.396 e. The van der Waals surface area contributed by atoms with Crippen LogP contribution in [0.1, 0.15) is 31.2 Å². The SMILES string of the molecule is Cc1ccc(F)c(-c2nccn2CC2CCC(CO)CC2)c1F. The third kappa shape index (κ3) is 3.29. The summed E-state index contributed by atoms with van der Waals surface area (Å²) >= 11 is 0. The fourth-order valence-electron chi connectivity index (χ4n) is 3.42. The Labute approximate surface area is 135 Å². The van der Waals surface area contributed by atoms with Gasteiger partial charge in [0, 0.05) is 25.5 Å². The molecule has 3 nitrogen and oxygen atoms in total. The topological polar surface area (TPSA) is 38.0 Å². The second-order valence-corrected chi connectivity index (χ2v) is 6.53. The highest BCUT2D eigenvalue weighted by Crippen LogP contribution is 2.32. The van der Waals surface area contributed by atoms with E-state index >= 15 is 0 Å². The van der Waals surface area contributed by atoms with E-state index in [1.165, 1.54) is 12.1 Å². The van der Waals surface area contributed by atoms with Gasteiger partial charge in [-0.2, -0.15) is 0 Å². The van der Waals surface area contributed by atoms with Crippen molar-refractivity contribution >= 4 is 0 Å². The van der Waals surface area contributed by atoms with E-state index < -0.39 is 11.6 Å². The molecule has 2 aromatic rings. The summed E-state index contributed by atoms with van der Waals surface area (Å²) in [5.74, 6) is 0.0980. The van der Waals surface area contributed by atoms with Crippen LogP contribution in [-0.2, 0) is 6.54 Å².